The highest BCUT2D eigenvalue weighted by Gasteiger charge is 2.22. The van der Waals surface area contributed by atoms with Gasteiger partial charge in [0.2, 0.25) is 0 Å². The first-order chi connectivity index (χ1) is 8.93. The Morgan fingerprint density at radius 2 is 1.95 bits per heavy atom. The molecular formula is C14H23NO2S2. The molecule has 0 aliphatic heterocycles. The van der Waals surface area contributed by atoms with Gasteiger partial charge in [0.05, 0.1) is 15.7 Å². The summed E-state index contributed by atoms with van der Waals surface area (Å²) in [7, 11) is -1.10. The molecule has 5 heteroatoms. The molecule has 2 N–H and O–H groups in total. The number of hydrogen-bond acceptors (Lipinski definition) is 3. The van der Waals surface area contributed by atoms with Gasteiger partial charge in [-0.25, -0.2) is 8.93 Å². The van der Waals surface area contributed by atoms with E-state index in [4.69, 9.17) is 5.11 Å². The van der Waals surface area contributed by atoms with E-state index in [0.29, 0.717) is 6.42 Å². The second-order valence-corrected chi connectivity index (χ2v) is 8.42. The molecule has 1 aromatic rings. The van der Waals surface area contributed by atoms with E-state index in [1.807, 2.05) is 39.0 Å². The van der Waals surface area contributed by atoms with Crippen LogP contribution < -0.4 is 4.72 Å². The molecule has 0 fully saturated rings. The summed E-state index contributed by atoms with van der Waals surface area (Å²) in [4.78, 5) is 1.19. The van der Waals surface area contributed by atoms with Crippen molar-refractivity contribution >= 4 is 22.7 Å². The van der Waals surface area contributed by atoms with Crippen molar-refractivity contribution < 1.29 is 9.32 Å². The minimum atomic E-state index is -1.10. The van der Waals surface area contributed by atoms with E-state index < -0.39 is 11.0 Å². The van der Waals surface area contributed by atoms with Crippen LogP contribution in [0.2, 0.25) is 0 Å². The topological polar surface area (TPSA) is 49.3 Å². The quantitative estimate of drug-likeness (QED) is 0.761. The van der Waals surface area contributed by atoms with Crippen molar-refractivity contribution in [3.05, 3.63) is 30.3 Å². The second kappa shape index (κ2) is 8.04. The third-order valence-corrected chi connectivity index (χ3v) is 5.34. The highest BCUT2D eigenvalue weighted by Crippen LogP contribution is 2.19. The van der Waals surface area contributed by atoms with Gasteiger partial charge >= 0.3 is 0 Å². The molecule has 19 heavy (non-hydrogen) atoms. The van der Waals surface area contributed by atoms with Crippen molar-refractivity contribution in [2.45, 2.75) is 42.9 Å². The maximum Gasteiger partial charge on any atom is 0.0973 e. The van der Waals surface area contributed by atoms with Gasteiger partial charge in [0.1, 0.15) is 0 Å². The Labute approximate surface area is 122 Å². The van der Waals surface area contributed by atoms with Crippen LogP contribution in [0, 0.1) is 0 Å². The van der Waals surface area contributed by atoms with E-state index in [2.05, 4.69) is 16.9 Å². The molecule has 0 aromatic heterocycles. The lowest BCUT2D eigenvalue weighted by molar-refractivity contribution is 0.276. The second-order valence-electron chi connectivity index (χ2n) is 5.33. The smallest absolute Gasteiger partial charge is 0.0973 e. The first kappa shape index (κ1) is 16.7. The predicted molar refractivity (Wildman–Crippen MR) is 83.7 cm³/mol. The normalized spacial score (nSPS) is 15.2. The number of hydrogen-bond donors (Lipinski definition) is 2. The predicted octanol–water partition coefficient (Wildman–Crippen LogP) is 2.58. The maximum atomic E-state index is 12.1. The number of rotatable bonds is 7. The fourth-order valence-electron chi connectivity index (χ4n) is 1.37. The van der Waals surface area contributed by atoms with Crippen LogP contribution in [0.3, 0.4) is 0 Å². The van der Waals surface area contributed by atoms with Gasteiger partial charge in [-0.05, 0) is 39.3 Å². The van der Waals surface area contributed by atoms with Gasteiger partial charge in [-0.15, -0.1) is 11.8 Å². The minimum Gasteiger partial charge on any atom is -0.396 e. The van der Waals surface area contributed by atoms with Gasteiger partial charge < -0.3 is 5.11 Å². The zero-order chi connectivity index (χ0) is 14.3. The van der Waals surface area contributed by atoms with Crippen LogP contribution in [0.4, 0.5) is 0 Å². The average molecular weight is 301 g/mol. The Hall–Kier alpha value is -0.360. The van der Waals surface area contributed by atoms with Crippen molar-refractivity contribution in [1.82, 2.24) is 4.72 Å². The van der Waals surface area contributed by atoms with Crippen molar-refractivity contribution in [2.24, 2.45) is 0 Å². The zero-order valence-corrected chi connectivity index (χ0v) is 13.4. The number of aliphatic hydroxyl groups is 1. The highest BCUT2D eigenvalue weighted by atomic mass is 32.2. The molecule has 1 aromatic carbocycles. The molecule has 0 spiro atoms. The van der Waals surface area contributed by atoms with Gasteiger partial charge in [-0.3, -0.25) is 0 Å². The van der Waals surface area contributed by atoms with E-state index >= 15 is 0 Å². The molecule has 0 heterocycles. The van der Waals surface area contributed by atoms with Crippen molar-refractivity contribution in [3.8, 4) is 0 Å². The maximum absolute atomic E-state index is 12.1. The Kier molecular flexibility index (Phi) is 7.07. The summed E-state index contributed by atoms with van der Waals surface area (Å²) in [5.41, 5.74) is 0. The largest absolute Gasteiger partial charge is 0.396 e. The molecule has 108 valence electrons. The van der Waals surface area contributed by atoms with Gasteiger partial charge in [0, 0.05) is 23.3 Å². The highest BCUT2D eigenvalue weighted by molar-refractivity contribution is 7.99. The van der Waals surface area contributed by atoms with Crippen LogP contribution in [0.25, 0.3) is 0 Å². The van der Waals surface area contributed by atoms with Crippen molar-refractivity contribution in [1.29, 1.82) is 0 Å². The van der Waals surface area contributed by atoms with Crippen LogP contribution in [-0.4, -0.2) is 32.5 Å². The first-order valence-corrected chi connectivity index (χ1v) is 8.54. The summed E-state index contributed by atoms with van der Waals surface area (Å²) in [5.74, 6) is 0.798. The van der Waals surface area contributed by atoms with Gasteiger partial charge in [-0.1, -0.05) is 18.2 Å². The van der Waals surface area contributed by atoms with Crippen LogP contribution in [0.5, 0.6) is 0 Å². The standard InChI is InChI=1S/C14H23NO2S2/c1-14(2,3)19(17)15-12(9-10-16)11-18-13-7-5-4-6-8-13/h4-8,12,15-16H,9-11H2,1-3H3/t12-,19+/m1/s1. The van der Waals surface area contributed by atoms with Crippen molar-refractivity contribution in [3.63, 3.8) is 0 Å². The molecule has 0 saturated heterocycles. The third-order valence-electron chi connectivity index (χ3n) is 2.50. The molecule has 0 amide bonds. The van der Waals surface area contributed by atoms with E-state index in [9.17, 15) is 4.21 Å². The van der Waals surface area contributed by atoms with Crippen LogP contribution in [0.1, 0.15) is 27.2 Å². The van der Waals surface area contributed by atoms with E-state index in [0.717, 1.165) is 5.75 Å². The fourth-order valence-corrected chi connectivity index (χ4v) is 3.33. The van der Waals surface area contributed by atoms with Crippen LogP contribution in [0.15, 0.2) is 35.2 Å². The summed E-state index contributed by atoms with van der Waals surface area (Å²) < 4.78 is 14.9. The average Bonchev–Trinajstić information content (AvgIpc) is 2.36. The number of thioether (sulfide) groups is 1. The molecule has 0 bridgehead atoms. The summed E-state index contributed by atoms with van der Waals surface area (Å²) >= 11 is 1.71. The molecule has 0 aliphatic rings. The summed E-state index contributed by atoms with van der Waals surface area (Å²) in [6.45, 7) is 5.93. The molecule has 1 rings (SSSR count). The lowest BCUT2D eigenvalue weighted by Gasteiger charge is -2.23. The molecule has 0 saturated carbocycles. The summed E-state index contributed by atoms with van der Waals surface area (Å²) in [6, 6.07) is 10.2. The number of benzene rings is 1. The Morgan fingerprint density at radius 1 is 1.32 bits per heavy atom. The van der Waals surface area contributed by atoms with E-state index in [-0.39, 0.29) is 17.4 Å². The number of nitrogens with one attached hydrogen (secondary N) is 1. The van der Waals surface area contributed by atoms with E-state index in [1.54, 1.807) is 11.8 Å². The monoisotopic (exact) mass is 301 g/mol. The number of aliphatic hydroxyl groups excluding tert-OH is 1. The Bertz CT molecular complexity index is 390. The molecule has 0 unspecified atom stereocenters. The Balaban J connectivity index is 2.51. The van der Waals surface area contributed by atoms with Crippen molar-refractivity contribution in [2.75, 3.05) is 12.4 Å². The molecule has 2 atom stereocenters. The van der Waals surface area contributed by atoms with Gasteiger partial charge in [0.25, 0.3) is 0 Å². The minimum absolute atomic E-state index is 0.0512. The van der Waals surface area contributed by atoms with E-state index in [1.165, 1.54) is 4.90 Å². The fraction of sp³-hybridized carbons (Fsp3) is 0.571. The van der Waals surface area contributed by atoms with Crippen LogP contribution >= 0.6 is 11.8 Å². The van der Waals surface area contributed by atoms with Gasteiger partial charge in [-0.2, -0.15) is 0 Å². The molecular weight excluding hydrogens is 278 g/mol. The molecule has 0 aliphatic carbocycles. The lowest BCUT2D eigenvalue weighted by atomic mass is 10.3. The Morgan fingerprint density at radius 3 is 2.47 bits per heavy atom. The lowest BCUT2D eigenvalue weighted by Crippen LogP contribution is -2.41. The summed E-state index contributed by atoms with van der Waals surface area (Å²) in [5, 5.41) is 9.10. The zero-order valence-electron chi connectivity index (χ0n) is 11.8. The first-order valence-electron chi connectivity index (χ1n) is 6.40. The third kappa shape index (κ3) is 6.56. The molecule has 3 nitrogen and oxygen atoms in total. The van der Waals surface area contributed by atoms with Crippen LogP contribution in [-0.2, 0) is 11.0 Å². The summed E-state index contributed by atoms with van der Waals surface area (Å²) in [6.07, 6.45) is 0.613. The SMILES string of the molecule is CC(C)(C)[S@](=O)N[C@H](CCO)CSc1ccccc1. The molecule has 0 radical (unpaired) electrons. The van der Waals surface area contributed by atoms with Gasteiger partial charge in [0.15, 0.2) is 0 Å².